The minimum Gasteiger partial charge on any atom is -0.508 e. The van der Waals surface area contributed by atoms with Gasteiger partial charge in [-0.1, -0.05) is 147 Å². The average molecular weight is 1560 g/mol. The van der Waals surface area contributed by atoms with Gasteiger partial charge in [0.25, 0.3) is 17.6 Å². The Kier molecular flexibility index (Phi) is 31.2. The third-order valence-corrected chi connectivity index (χ3v) is 14.6. The van der Waals surface area contributed by atoms with Gasteiger partial charge in [0.2, 0.25) is 5.91 Å². The first-order chi connectivity index (χ1) is 46.1. The Morgan fingerprint density at radius 3 is 1.23 bits per heavy atom. The van der Waals surface area contributed by atoms with Gasteiger partial charge in [0, 0.05) is 15.6 Å². The number of unbranched alkanes of at least 4 members (excludes halogenated alkanes) is 1. The van der Waals surface area contributed by atoms with E-state index in [0.29, 0.717) is 21.3 Å². The molecule has 8 aromatic carbocycles. The van der Waals surface area contributed by atoms with E-state index in [-0.39, 0.29) is 73.2 Å². The summed E-state index contributed by atoms with van der Waals surface area (Å²) in [6.07, 6.45) is -21.2. The van der Waals surface area contributed by atoms with Crippen LogP contribution in [-0.4, -0.2) is 70.0 Å². The Morgan fingerprint density at radius 2 is 0.845 bits per heavy atom. The topological polar surface area (TPSA) is 238 Å². The molecule has 0 saturated carbocycles. The van der Waals surface area contributed by atoms with E-state index in [1.54, 1.807) is 48.5 Å². The molecule has 552 valence electrons. The zero-order valence-corrected chi connectivity index (χ0v) is 54.0. The van der Waals surface area contributed by atoms with Crippen molar-refractivity contribution in [2.24, 2.45) is 0 Å². The first-order valence-corrected chi connectivity index (χ1v) is 30.0. The van der Waals surface area contributed by atoms with E-state index in [9.17, 15) is 108 Å². The summed E-state index contributed by atoms with van der Waals surface area (Å²) in [6.45, 7) is 7.61. The van der Waals surface area contributed by atoms with E-state index >= 15 is 0 Å². The molecule has 11 rings (SSSR count). The van der Waals surface area contributed by atoms with Gasteiger partial charge in [-0.25, -0.2) is 0 Å². The number of aliphatic hydroxyl groups is 1. The van der Waals surface area contributed by atoms with Crippen LogP contribution in [0.5, 0.6) is 23.0 Å². The van der Waals surface area contributed by atoms with Crippen LogP contribution in [0.3, 0.4) is 0 Å². The van der Waals surface area contributed by atoms with Crippen molar-refractivity contribution in [1.29, 1.82) is 0 Å². The van der Waals surface area contributed by atoms with Crippen molar-refractivity contribution < 1.29 is 155 Å². The van der Waals surface area contributed by atoms with Gasteiger partial charge in [-0.05, 0) is 109 Å². The largest absolute Gasteiger partial charge is 1.00 e. The van der Waals surface area contributed by atoms with Gasteiger partial charge in [0.15, 0.2) is 5.60 Å². The Bertz CT molecular complexity index is 4230. The van der Waals surface area contributed by atoms with Crippen molar-refractivity contribution in [2.75, 3.05) is 16.0 Å². The summed E-state index contributed by atoms with van der Waals surface area (Å²) in [4.78, 5) is 47.4. The van der Waals surface area contributed by atoms with Gasteiger partial charge >= 0.3 is 65.7 Å². The van der Waals surface area contributed by atoms with Crippen LogP contribution in [-0.2, 0) is 54.0 Å². The first-order valence-electron chi connectivity index (χ1n) is 27.7. The fourth-order valence-corrected chi connectivity index (χ4v) is 9.29. The molecular weight excluding hydrogens is 1500 g/mol. The number of amides is 3. The van der Waals surface area contributed by atoms with Gasteiger partial charge in [-0.2, -0.15) is 67.5 Å². The van der Waals surface area contributed by atoms with Crippen molar-refractivity contribution >= 4 is 66.6 Å². The molecule has 3 heterocycles. The van der Waals surface area contributed by atoms with Crippen LogP contribution in [0.2, 0.25) is 0 Å². The maximum absolute atomic E-state index is 13.5. The molecule has 0 aromatic heterocycles. The van der Waals surface area contributed by atoms with Gasteiger partial charge < -0.3 is 47.7 Å². The Labute approximate surface area is 595 Å². The maximum atomic E-state index is 13.5. The smallest absolute Gasteiger partial charge is 0.508 e. The number of aryl methyl sites for hydroxylation is 1. The van der Waals surface area contributed by atoms with Gasteiger partial charge in [-0.15, -0.1) is 26.3 Å². The number of phenolic OH excluding ortho intramolecular Hbond substituents is 2. The molecule has 36 heteroatoms. The van der Waals surface area contributed by atoms with Crippen LogP contribution in [0.1, 0.15) is 95.0 Å². The van der Waals surface area contributed by atoms with E-state index in [1.165, 1.54) is 61.0 Å². The number of hydrogen-bond acceptors (Lipinski definition) is 11. The number of benzene rings is 8. The second-order valence-electron chi connectivity index (χ2n) is 20.4. The summed E-state index contributed by atoms with van der Waals surface area (Å²) in [7, 11) is -5.84. The van der Waals surface area contributed by atoms with Crippen LogP contribution in [0.25, 0.3) is 0 Å². The van der Waals surface area contributed by atoms with E-state index in [2.05, 4.69) is 44.6 Å². The van der Waals surface area contributed by atoms with Crippen LogP contribution >= 0.6 is 15.9 Å². The number of nitrogens with one attached hydrogen (secondary N) is 3. The molecule has 2 unspecified atom stereocenters. The number of phenols is 2. The number of anilines is 3. The first kappa shape index (κ1) is 89.8. The molecule has 2 atom stereocenters. The number of rotatable bonds is 6. The number of carbonyl (C=O) groups excluding carboxylic acids is 4. The second-order valence-corrected chi connectivity index (χ2v) is 22.8. The Balaban J connectivity index is 0.000000439. The number of fused-ring (bicyclic) bond motifs is 3. The molecule has 8 aromatic rings. The number of hydrogen-bond donors (Lipinski definition) is 7. The van der Waals surface area contributed by atoms with Crippen molar-refractivity contribution in [1.82, 2.24) is 0 Å². The summed E-state index contributed by atoms with van der Waals surface area (Å²) in [5.74, 6) is -4.16. The average Bonchev–Trinajstić information content (AvgIpc) is 1.58. The minimum atomic E-state index is -5.84. The molecule has 0 bridgehead atoms. The van der Waals surface area contributed by atoms with E-state index in [1.807, 2.05) is 35.8 Å². The van der Waals surface area contributed by atoms with E-state index in [4.69, 9.17) is 18.1 Å². The van der Waals surface area contributed by atoms with E-state index in [0.717, 1.165) is 72.6 Å². The van der Waals surface area contributed by atoms with Gasteiger partial charge in [0.05, 0.1) is 39.3 Å². The van der Waals surface area contributed by atoms with Crippen LogP contribution < -0.4 is 44.3 Å². The molecule has 0 saturated heterocycles. The molecule has 0 radical (unpaired) electrons. The third-order valence-electron chi connectivity index (χ3n) is 13.5. The summed E-state index contributed by atoms with van der Waals surface area (Å²) in [5.41, 5.74) is -12.3. The molecule has 7 N–H and O–H groups in total. The predicted molar refractivity (Wildman–Crippen MR) is 340 cm³/mol. The summed E-state index contributed by atoms with van der Waals surface area (Å²) >= 11 is 3.09. The fraction of sp³-hybridized carbons (Fsp3) is 0.209. The van der Waals surface area contributed by atoms with Gasteiger partial charge in [0.1, 0.15) is 28.4 Å². The quantitative estimate of drug-likeness (QED) is 0.0206. The summed E-state index contributed by atoms with van der Waals surface area (Å²) < 4.78 is 254. The zero-order chi connectivity index (χ0) is 75.4. The number of Topliss-reactive ketones (excluding diaryl/α,β-unsaturated/α-hetero) is 1. The number of carbonyl (C=O) groups is 4. The fourth-order valence-electron chi connectivity index (χ4n) is 9.02. The number of ether oxygens (including phenoxy) is 2. The number of halogens is 19. The van der Waals surface area contributed by atoms with E-state index < -0.39 is 115 Å². The number of aromatic hydroxyl groups is 2. The molecule has 3 amide bonds. The maximum Gasteiger partial charge on any atom is 1.00 e. The summed E-state index contributed by atoms with van der Waals surface area (Å²) in [5, 5.41) is 35.4. The van der Waals surface area contributed by atoms with Crippen molar-refractivity contribution in [3.63, 3.8) is 0 Å². The van der Waals surface area contributed by atoms with Crippen LogP contribution in [0.15, 0.2) is 186 Å². The summed E-state index contributed by atoms with van der Waals surface area (Å²) in [6, 6.07) is 40.6. The number of para-hydroxylation sites is 4. The van der Waals surface area contributed by atoms with Crippen molar-refractivity contribution in [2.45, 2.75) is 89.3 Å². The molecule has 103 heavy (non-hydrogen) atoms. The second kappa shape index (κ2) is 35.8. The molecular formula is C67H57BrF18LiN3O12S. The SMILES string of the molecule is C.C.Cc1ccc(C2(c3ccc(O)cc3)C(=O)Nc3c(C(F)(F)F)cccc32)cc1.FC(F)(F)Oc1ccc(Br)cc1.O=C1Nc2c(C(F)(F)F)cccc2C1(O)c1ccc(OC(F)(F)F)cc1.O=C1Nc2c(cccc2C(F)(F)F)C1=O.O=S(=O)(O)C(F)(F)F.Oc1ccccc1.[CH2-]CCC.[Li+]. The third kappa shape index (κ3) is 23.4. The minimum absolute atomic E-state index is 0. The van der Waals surface area contributed by atoms with Gasteiger partial charge in [-0.3, -0.25) is 23.7 Å². The predicted octanol–water partition coefficient (Wildman–Crippen LogP) is 15.7. The molecule has 0 aliphatic carbocycles. The Morgan fingerprint density at radius 1 is 0.485 bits per heavy atom. The monoisotopic (exact) mass is 1560 g/mol. The normalized spacial score (nSPS) is 15.6. The Hall–Kier alpha value is -9.27. The van der Waals surface area contributed by atoms with Crippen molar-refractivity contribution in [3.8, 4) is 23.0 Å². The number of alkyl halides is 18. The van der Waals surface area contributed by atoms with Crippen LogP contribution in [0.4, 0.5) is 96.1 Å². The standard InChI is InChI=1S/C22H16F3NO2.C16H9F6NO3.C9H4F3NO2.C7H4BrF3O.C6H6O.C4H9.CHF3O3S.2CH4.Li/c1-13-5-7-14(8-6-13)21(15-9-11-16(27)12-10-15)17-3-2-4-18(22(23,24)25)19(17)26-20(21)28;17-15(18,19)11-3-1-2-10-12(11)23-13(24)14(10,25)8-4-6-9(7-5-8)26-16(20,21)22;10-9(11,12)5-3-1-2-4-6(5)13-8(15)7(4)14;8-5-1-3-6(4-2-5)12-7(9,10)11;7-6-4-2-1-3-5-6;1-3-4-2;2-1(3,4)8(5,6)7;;;/h2-12,27H,1H3,(H,26,28);1-7,25H,(H,23,24);1-3H,(H,13,14,15);1-4H;1-5,7H;1,3-4H2,2H3;(H,5,6,7);2*1H4;/q;;;;;-1;;;;+1. The molecule has 3 aliphatic heterocycles. The molecule has 3 aliphatic rings. The van der Waals surface area contributed by atoms with Crippen LogP contribution in [0, 0.1) is 13.8 Å². The zero-order valence-electron chi connectivity index (χ0n) is 51.6. The molecule has 15 nitrogen and oxygen atoms in total. The molecule has 0 fully saturated rings. The van der Waals surface area contributed by atoms with Crippen molar-refractivity contribution in [3.05, 3.63) is 249 Å². The molecule has 0 spiro atoms. The number of ketones is 1.